The molecule has 6 heteroatoms. The Morgan fingerprint density at radius 3 is 1.28 bits per heavy atom. The van der Waals surface area contributed by atoms with E-state index < -0.39 is 23.6 Å². The molecule has 8 aliphatic rings. The van der Waals surface area contributed by atoms with Gasteiger partial charge in [-0.1, -0.05) is 178 Å². The molecular formula is C111H134N6+6. The fourth-order valence-electron chi connectivity index (χ4n) is 22.8. The van der Waals surface area contributed by atoms with Crippen molar-refractivity contribution < 1.29 is 32.9 Å². The maximum atomic E-state index is 9.30. The number of aryl methyl sites for hydroxylation is 14. The average Bonchev–Trinajstić information content (AvgIpc) is 1.49. The maximum Gasteiger partial charge on any atom is 0.216 e. The van der Waals surface area contributed by atoms with E-state index >= 15 is 0 Å². The molecule has 3 fully saturated rings. The van der Waals surface area contributed by atoms with Crippen molar-refractivity contribution >= 4 is 0 Å². The van der Waals surface area contributed by atoms with Crippen LogP contribution in [0.2, 0.25) is 0 Å². The highest BCUT2D eigenvalue weighted by molar-refractivity contribution is 5.73. The van der Waals surface area contributed by atoms with Crippen LogP contribution in [0.3, 0.4) is 0 Å². The third-order valence-corrected chi connectivity index (χ3v) is 28.2. The molecule has 6 unspecified atom stereocenters. The fourth-order valence-corrected chi connectivity index (χ4v) is 22.8. The van der Waals surface area contributed by atoms with Gasteiger partial charge in [-0.3, -0.25) is 0 Å². The van der Waals surface area contributed by atoms with Gasteiger partial charge >= 0.3 is 0 Å². The van der Waals surface area contributed by atoms with E-state index in [1.165, 1.54) is 155 Å². The van der Waals surface area contributed by atoms with Gasteiger partial charge in [0.25, 0.3) is 0 Å². The molecule has 8 aliphatic carbocycles. The summed E-state index contributed by atoms with van der Waals surface area (Å²) in [5, 5.41) is 0. The second-order valence-electron chi connectivity index (χ2n) is 39.1. The Balaban J connectivity index is 0.000000113. The lowest BCUT2D eigenvalue weighted by molar-refractivity contribution is -0.661. The number of pyridine rings is 6. The van der Waals surface area contributed by atoms with Gasteiger partial charge in [0, 0.05) is 109 Å². The molecule has 0 radical (unpaired) electrons. The van der Waals surface area contributed by atoms with Crippen molar-refractivity contribution in [2.75, 3.05) is 0 Å². The Bertz CT molecular complexity index is 5940. The molecule has 602 valence electrons. The molecule has 6 aromatic carbocycles. The molecule has 117 heavy (non-hydrogen) atoms. The summed E-state index contributed by atoms with van der Waals surface area (Å²) in [6.45, 7) is 40.5. The van der Waals surface area contributed by atoms with Crippen molar-refractivity contribution in [3.8, 4) is 67.5 Å². The number of rotatable bonds is 6. The van der Waals surface area contributed by atoms with Crippen molar-refractivity contribution in [3.63, 3.8) is 0 Å². The molecule has 6 atom stereocenters. The summed E-state index contributed by atoms with van der Waals surface area (Å²) < 4.78 is 49.4. The van der Waals surface area contributed by atoms with Gasteiger partial charge in [-0.2, -0.15) is 0 Å². The van der Waals surface area contributed by atoms with Gasteiger partial charge in [-0.25, -0.2) is 27.4 Å². The summed E-state index contributed by atoms with van der Waals surface area (Å²) in [4.78, 5) is 0. The van der Waals surface area contributed by atoms with Crippen molar-refractivity contribution in [3.05, 3.63) is 319 Å². The minimum absolute atomic E-state index is 0.218. The van der Waals surface area contributed by atoms with Gasteiger partial charge in [-0.15, -0.1) is 0 Å². The highest BCUT2D eigenvalue weighted by Crippen LogP contribution is 2.66. The number of benzene rings is 6. The smallest absolute Gasteiger partial charge is 0.201 e. The Kier molecular flexibility index (Phi) is 21.0. The molecule has 0 saturated heterocycles. The van der Waals surface area contributed by atoms with Crippen molar-refractivity contribution in [2.24, 2.45) is 47.7 Å². The second kappa shape index (κ2) is 31.8. The van der Waals surface area contributed by atoms with E-state index in [1.54, 1.807) is 11.1 Å². The van der Waals surface area contributed by atoms with Crippen LogP contribution >= 0.6 is 0 Å². The maximum absolute atomic E-state index is 9.30. The van der Waals surface area contributed by atoms with Crippen molar-refractivity contribution in [1.29, 1.82) is 0 Å². The number of hydrogen-bond donors (Lipinski definition) is 0. The quantitative estimate of drug-likeness (QED) is 0.148. The Labute approximate surface area is 709 Å². The van der Waals surface area contributed by atoms with Gasteiger partial charge in [0.1, 0.15) is 42.3 Å². The zero-order valence-corrected chi connectivity index (χ0v) is 75.2. The lowest BCUT2D eigenvalue weighted by atomic mass is 9.79. The molecule has 6 bridgehead atoms. The molecule has 6 aromatic heterocycles. The summed E-state index contributed by atoms with van der Waals surface area (Å²) in [5.41, 5.74) is 40.3. The first-order chi connectivity index (χ1) is 57.0. The van der Waals surface area contributed by atoms with Crippen LogP contribution in [-0.2, 0) is 63.9 Å². The summed E-state index contributed by atoms with van der Waals surface area (Å²) in [6.07, 6.45) is 23.6. The normalized spacial score (nSPS) is 23.3. The van der Waals surface area contributed by atoms with Crippen LogP contribution in [0.25, 0.3) is 67.5 Å². The average molecular weight is 1560 g/mol. The van der Waals surface area contributed by atoms with E-state index in [9.17, 15) is 1.37 Å². The van der Waals surface area contributed by atoms with E-state index in [2.05, 4.69) is 406 Å². The zero-order valence-electron chi connectivity index (χ0n) is 79.2. The second-order valence-corrected chi connectivity index (χ2v) is 39.1. The third-order valence-electron chi connectivity index (χ3n) is 28.2. The first-order valence-electron chi connectivity index (χ1n) is 45.5. The number of aromatic nitrogens is 6. The largest absolute Gasteiger partial charge is 0.216 e. The Morgan fingerprint density at radius 1 is 0.299 bits per heavy atom. The molecule has 0 aliphatic heterocycles. The fraction of sp³-hybridized carbons (Fsp3) is 0.405. The van der Waals surface area contributed by atoms with Crippen LogP contribution in [0.15, 0.2) is 219 Å². The van der Waals surface area contributed by atoms with Gasteiger partial charge in [0.15, 0.2) is 37.2 Å². The molecule has 12 aromatic rings. The van der Waals surface area contributed by atoms with E-state index in [4.69, 9.17) is 4.11 Å². The van der Waals surface area contributed by atoms with Gasteiger partial charge < -0.3 is 0 Å². The number of hydrogen-bond acceptors (Lipinski definition) is 0. The van der Waals surface area contributed by atoms with E-state index in [0.717, 1.165) is 71.2 Å². The minimum Gasteiger partial charge on any atom is -0.201 e. The van der Waals surface area contributed by atoms with E-state index in [1.807, 2.05) is 7.05 Å². The standard InChI is InChI=1S/C20H24N.2C20H26N.2C18H20N.C15H18N/c1-13-7-5-6-8-14(13)19-18-15(11-12-21(19)4)16-9-10-17(18)20(16,2)3;1-14-9-7-8-10-15(14)18-11-16-17(12-21(18)6)20(4,5)13-19(16,2)3;1-14-9-7-8-10-15(14)18-17-16(11-12-21(18)6)19(2,3)13-20(17,4)5;2*1-12-5-3-4-6-15(12)18-17-14-8-7-13(11-14)16(17)9-10-19(18)2;1-11-5-7-14(13(3)9-11)15-8-6-12(2)10-16(15)4/h5-8,11-12,16-17H,9-10H2,1-4H3;2*7-12H,13H2,1-6H3;2*3-6,9-10,13-14H,7-8,11H2,1-2H3;5-10H,1-4H3/q6*+1/i16D,17D;;;13D,14D;;. The molecule has 6 heterocycles. The number of fused-ring (bicyclic) bond motifs is 17. The van der Waals surface area contributed by atoms with Gasteiger partial charge in [0.2, 0.25) is 34.2 Å². The molecule has 20 rings (SSSR count). The van der Waals surface area contributed by atoms with Crippen LogP contribution in [0.4, 0.5) is 0 Å². The van der Waals surface area contributed by atoms with Crippen molar-refractivity contribution in [1.82, 2.24) is 0 Å². The highest BCUT2D eigenvalue weighted by atomic mass is 15.0. The first-order valence-corrected chi connectivity index (χ1v) is 43.5. The van der Waals surface area contributed by atoms with E-state index in [0.29, 0.717) is 6.42 Å². The first kappa shape index (κ1) is 77.2. The molecular weight excluding hydrogens is 1420 g/mol. The topological polar surface area (TPSA) is 23.3 Å². The molecule has 0 spiro atoms. The zero-order chi connectivity index (χ0) is 87.0. The monoisotopic (exact) mass is 1560 g/mol. The van der Waals surface area contributed by atoms with Crippen LogP contribution in [0, 0.1) is 60.8 Å². The van der Waals surface area contributed by atoms with E-state index in [-0.39, 0.29) is 27.1 Å². The number of nitrogens with zero attached hydrogens (tertiary/aromatic N) is 6. The molecule has 0 amide bonds. The predicted octanol–water partition coefficient (Wildman–Crippen LogP) is 24.2. The lowest BCUT2D eigenvalue weighted by Crippen LogP contribution is -2.34. The minimum atomic E-state index is -0.680. The Hall–Kier alpha value is -9.78. The van der Waals surface area contributed by atoms with Crippen molar-refractivity contribution in [2.45, 2.75) is 246 Å². The van der Waals surface area contributed by atoms with Crippen LogP contribution < -0.4 is 27.4 Å². The third kappa shape index (κ3) is 15.3. The van der Waals surface area contributed by atoms with Gasteiger partial charge in [-0.05, 0) is 286 Å². The van der Waals surface area contributed by atoms with Crippen LogP contribution in [0.1, 0.15) is 274 Å². The van der Waals surface area contributed by atoms with Crippen LogP contribution in [-0.4, -0.2) is 0 Å². The summed E-state index contributed by atoms with van der Waals surface area (Å²) in [7, 11) is 12.7. The highest BCUT2D eigenvalue weighted by Gasteiger charge is 2.55. The summed E-state index contributed by atoms with van der Waals surface area (Å²) >= 11 is 0. The summed E-state index contributed by atoms with van der Waals surface area (Å²) in [5.74, 6) is -0.793. The lowest BCUT2D eigenvalue weighted by Gasteiger charge is -2.24. The summed E-state index contributed by atoms with van der Waals surface area (Å²) in [6, 6.07) is 65.2. The SMILES string of the molecule is Cc1ccc(-c2ccc(C)c[n+]2C)c(C)c1.Cc1ccccc1-c1c2c(cc[n+]1C)C(C)(C)CC2(C)C.Cc1ccccc1-c1c2c(cc[n+]1C)C1CCC2C1.Cc1ccccc1-c1cc2c(c[n+]1C)C(C)(C)CC2(C)C.[2H]C12CCC([2H])(C1)c1c2cc[n+](C)c1-c1ccccc1C.[2H]C12CCC([2H])(c3c1cc[n+](C)c3-c1ccccc1C)C2(C)C. The van der Waals surface area contributed by atoms with Gasteiger partial charge in [0.05, 0.1) is 0 Å². The molecule has 3 saturated carbocycles. The molecule has 0 N–H and O–H groups in total. The predicted molar refractivity (Wildman–Crippen MR) is 485 cm³/mol. The van der Waals surface area contributed by atoms with Crippen LogP contribution in [0.5, 0.6) is 0 Å². The molecule has 6 nitrogen and oxygen atoms in total. The Morgan fingerprint density at radius 2 is 0.726 bits per heavy atom.